The summed E-state index contributed by atoms with van der Waals surface area (Å²) in [6.07, 6.45) is -0.00844. The van der Waals surface area contributed by atoms with E-state index in [-0.39, 0.29) is 12.3 Å². The third kappa shape index (κ3) is 4.45. The van der Waals surface area contributed by atoms with Crippen LogP contribution in [0.3, 0.4) is 0 Å². The summed E-state index contributed by atoms with van der Waals surface area (Å²) in [7, 11) is 1.59. The van der Waals surface area contributed by atoms with Gasteiger partial charge in [0.25, 0.3) is 0 Å². The Morgan fingerprint density at radius 3 is 2.44 bits per heavy atom. The molecule has 0 saturated carbocycles. The lowest BCUT2D eigenvalue weighted by molar-refractivity contribution is -0.143. The molecule has 98 valence electrons. The summed E-state index contributed by atoms with van der Waals surface area (Å²) in [4.78, 5) is 22.0. The summed E-state index contributed by atoms with van der Waals surface area (Å²) >= 11 is 0. The number of hydrogen-bond acceptors (Lipinski definition) is 3. The predicted octanol–water partition coefficient (Wildman–Crippen LogP) is 1.42. The molecule has 0 spiro atoms. The molecule has 0 radical (unpaired) electrons. The molecule has 1 aromatic rings. The van der Waals surface area contributed by atoms with Crippen LogP contribution in [0.1, 0.15) is 18.9 Å². The first-order valence-corrected chi connectivity index (χ1v) is 5.65. The van der Waals surface area contributed by atoms with Gasteiger partial charge in [-0.2, -0.15) is 0 Å². The molecule has 2 N–H and O–H groups in total. The number of rotatable bonds is 6. The fraction of sp³-hybridized carbons (Fsp3) is 0.385. The van der Waals surface area contributed by atoms with Gasteiger partial charge in [0, 0.05) is 13.0 Å². The second kappa shape index (κ2) is 6.64. The van der Waals surface area contributed by atoms with Gasteiger partial charge in [-0.3, -0.25) is 9.59 Å². The maximum atomic E-state index is 11.5. The number of carbonyl (C=O) groups is 2. The number of carboxylic acids is 1. The fourth-order valence-corrected chi connectivity index (χ4v) is 1.38. The third-order valence-electron chi connectivity index (χ3n) is 2.56. The van der Waals surface area contributed by atoms with E-state index in [1.165, 1.54) is 6.92 Å². The summed E-state index contributed by atoms with van der Waals surface area (Å²) in [5.74, 6) is -1.14. The predicted molar refractivity (Wildman–Crippen MR) is 66.3 cm³/mol. The van der Waals surface area contributed by atoms with Crippen molar-refractivity contribution in [3.8, 4) is 5.75 Å². The van der Waals surface area contributed by atoms with Gasteiger partial charge in [0.05, 0.1) is 13.0 Å². The molecule has 0 aliphatic rings. The first-order chi connectivity index (χ1) is 8.52. The Hall–Kier alpha value is -2.04. The van der Waals surface area contributed by atoms with Crippen molar-refractivity contribution in [3.63, 3.8) is 0 Å². The van der Waals surface area contributed by atoms with Gasteiger partial charge in [-0.1, -0.05) is 19.1 Å². The molecule has 5 nitrogen and oxygen atoms in total. The summed E-state index contributed by atoms with van der Waals surface area (Å²) in [5, 5.41) is 11.4. The van der Waals surface area contributed by atoms with Crippen LogP contribution in [0.4, 0.5) is 0 Å². The fourth-order valence-electron chi connectivity index (χ4n) is 1.38. The second-order valence-corrected chi connectivity index (χ2v) is 4.07. The molecule has 18 heavy (non-hydrogen) atoms. The lowest BCUT2D eigenvalue weighted by Crippen LogP contribution is -2.26. The quantitative estimate of drug-likeness (QED) is 0.801. The minimum absolute atomic E-state index is 0.00844. The Balaban J connectivity index is 2.40. The van der Waals surface area contributed by atoms with Gasteiger partial charge < -0.3 is 15.2 Å². The van der Waals surface area contributed by atoms with Crippen molar-refractivity contribution < 1.29 is 19.4 Å². The Kier molecular flexibility index (Phi) is 5.17. The Morgan fingerprint density at radius 1 is 1.33 bits per heavy atom. The van der Waals surface area contributed by atoms with Gasteiger partial charge >= 0.3 is 5.97 Å². The van der Waals surface area contributed by atoms with Crippen LogP contribution in [0.25, 0.3) is 0 Å². The van der Waals surface area contributed by atoms with E-state index in [2.05, 4.69) is 5.32 Å². The lowest BCUT2D eigenvalue weighted by atomic mass is 10.1. The molecule has 1 atom stereocenters. The van der Waals surface area contributed by atoms with E-state index in [4.69, 9.17) is 9.84 Å². The molecule has 5 heteroatoms. The van der Waals surface area contributed by atoms with Crippen LogP contribution in [0.2, 0.25) is 0 Å². The molecule has 1 unspecified atom stereocenters. The molecule has 0 fully saturated rings. The summed E-state index contributed by atoms with van der Waals surface area (Å²) in [6.45, 7) is 1.89. The van der Waals surface area contributed by atoms with Crippen LogP contribution in [0, 0.1) is 5.92 Å². The Morgan fingerprint density at radius 2 is 1.94 bits per heavy atom. The number of ether oxygens (including phenoxy) is 1. The standard InChI is InChI=1S/C13H17NO4/c1-9(13(16)17)7-12(15)14-8-10-3-5-11(18-2)6-4-10/h3-6,9H,7-8H2,1-2H3,(H,14,15)(H,16,17). The zero-order valence-corrected chi connectivity index (χ0v) is 10.5. The van der Waals surface area contributed by atoms with Crippen molar-refractivity contribution in [2.75, 3.05) is 7.11 Å². The molecule has 0 bridgehead atoms. The van der Waals surface area contributed by atoms with Crippen molar-refractivity contribution in [1.29, 1.82) is 0 Å². The molecule has 1 aromatic carbocycles. The first kappa shape index (κ1) is 14.0. The van der Waals surface area contributed by atoms with Crippen LogP contribution in [0.15, 0.2) is 24.3 Å². The van der Waals surface area contributed by atoms with E-state index in [1.807, 2.05) is 12.1 Å². The number of benzene rings is 1. The van der Waals surface area contributed by atoms with Gasteiger partial charge in [-0.25, -0.2) is 0 Å². The molecule has 0 aromatic heterocycles. The summed E-state index contributed by atoms with van der Waals surface area (Å²) in [6, 6.07) is 7.31. The number of hydrogen-bond donors (Lipinski definition) is 2. The molecule has 0 heterocycles. The minimum Gasteiger partial charge on any atom is -0.497 e. The van der Waals surface area contributed by atoms with E-state index in [1.54, 1.807) is 19.2 Å². The zero-order valence-electron chi connectivity index (χ0n) is 10.5. The van der Waals surface area contributed by atoms with Gasteiger partial charge in [0.1, 0.15) is 5.75 Å². The lowest BCUT2D eigenvalue weighted by Gasteiger charge is -2.08. The Bertz CT molecular complexity index is 414. The molecular formula is C13H17NO4. The summed E-state index contributed by atoms with van der Waals surface area (Å²) in [5.41, 5.74) is 0.937. The average Bonchev–Trinajstić information content (AvgIpc) is 2.36. The van der Waals surface area contributed by atoms with Crippen molar-refractivity contribution in [1.82, 2.24) is 5.32 Å². The number of aliphatic carboxylic acids is 1. The molecule has 0 aliphatic heterocycles. The van der Waals surface area contributed by atoms with Crippen molar-refractivity contribution >= 4 is 11.9 Å². The van der Waals surface area contributed by atoms with Gasteiger partial charge in [-0.05, 0) is 17.7 Å². The minimum atomic E-state index is -0.963. The molecular weight excluding hydrogens is 234 g/mol. The highest BCUT2D eigenvalue weighted by molar-refractivity contribution is 5.81. The summed E-state index contributed by atoms with van der Waals surface area (Å²) < 4.78 is 5.02. The van der Waals surface area contributed by atoms with E-state index in [0.29, 0.717) is 6.54 Å². The van der Waals surface area contributed by atoms with Crippen LogP contribution < -0.4 is 10.1 Å². The van der Waals surface area contributed by atoms with Gasteiger partial charge in [-0.15, -0.1) is 0 Å². The van der Waals surface area contributed by atoms with Gasteiger partial charge in [0.15, 0.2) is 0 Å². The zero-order chi connectivity index (χ0) is 13.5. The van der Waals surface area contributed by atoms with E-state index >= 15 is 0 Å². The Labute approximate surface area is 106 Å². The number of carboxylic acid groups (broad SMARTS) is 1. The van der Waals surface area contributed by atoms with E-state index < -0.39 is 11.9 Å². The number of carbonyl (C=O) groups excluding carboxylic acids is 1. The highest BCUT2D eigenvalue weighted by atomic mass is 16.5. The normalized spacial score (nSPS) is 11.7. The average molecular weight is 251 g/mol. The highest BCUT2D eigenvalue weighted by Gasteiger charge is 2.15. The highest BCUT2D eigenvalue weighted by Crippen LogP contribution is 2.11. The molecule has 1 amide bonds. The molecule has 0 saturated heterocycles. The maximum Gasteiger partial charge on any atom is 0.306 e. The van der Waals surface area contributed by atoms with Crippen molar-refractivity contribution in [2.45, 2.75) is 19.9 Å². The van der Waals surface area contributed by atoms with E-state index in [9.17, 15) is 9.59 Å². The van der Waals surface area contributed by atoms with Gasteiger partial charge in [0.2, 0.25) is 5.91 Å². The van der Waals surface area contributed by atoms with Crippen LogP contribution in [-0.2, 0) is 16.1 Å². The monoisotopic (exact) mass is 251 g/mol. The third-order valence-corrected chi connectivity index (χ3v) is 2.56. The van der Waals surface area contributed by atoms with Crippen molar-refractivity contribution in [2.24, 2.45) is 5.92 Å². The molecule has 0 aliphatic carbocycles. The first-order valence-electron chi connectivity index (χ1n) is 5.65. The smallest absolute Gasteiger partial charge is 0.306 e. The van der Waals surface area contributed by atoms with Crippen molar-refractivity contribution in [3.05, 3.63) is 29.8 Å². The maximum absolute atomic E-state index is 11.5. The number of methoxy groups -OCH3 is 1. The topological polar surface area (TPSA) is 75.6 Å². The number of amides is 1. The van der Waals surface area contributed by atoms with Crippen LogP contribution in [0.5, 0.6) is 5.75 Å². The SMILES string of the molecule is COc1ccc(CNC(=O)CC(C)C(=O)O)cc1. The van der Waals surface area contributed by atoms with Crippen LogP contribution >= 0.6 is 0 Å². The largest absolute Gasteiger partial charge is 0.497 e. The van der Waals surface area contributed by atoms with E-state index in [0.717, 1.165) is 11.3 Å². The van der Waals surface area contributed by atoms with Crippen LogP contribution in [-0.4, -0.2) is 24.1 Å². The number of nitrogens with one attached hydrogen (secondary N) is 1. The second-order valence-electron chi connectivity index (χ2n) is 4.07. The molecule has 1 rings (SSSR count).